The number of aromatic nitrogens is 2. The summed E-state index contributed by atoms with van der Waals surface area (Å²) in [5, 5.41) is 13.4. The minimum absolute atomic E-state index is 0.0271. The standard InChI is InChI=1S/C17H20FN3O3/c1-11-10-12(2-3-14(11)18)17-19-15(24-20-17)4-5-16(23)21-8-6-13(22)7-9-21/h2-3,10,13,22H,4-9H2,1H3. The molecule has 1 fully saturated rings. The second kappa shape index (κ2) is 7.09. The number of rotatable bonds is 4. The minimum Gasteiger partial charge on any atom is -0.393 e. The van der Waals surface area contributed by atoms with Gasteiger partial charge in [0.15, 0.2) is 0 Å². The van der Waals surface area contributed by atoms with Crippen LogP contribution in [0.25, 0.3) is 11.4 Å². The second-order valence-electron chi connectivity index (χ2n) is 6.09. The van der Waals surface area contributed by atoms with Crippen LogP contribution in [-0.4, -0.2) is 45.2 Å². The van der Waals surface area contributed by atoms with E-state index in [-0.39, 0.29) is 17.8 Å². The molecule has 1 aromatic carbocycles. The van der Waals surface area contributed by atoms with Crippen LogP contribution in [0.15, 0.2) is 22.7 Å². The third kappa shape index (κ3) is 3.79. The Hall–Kier alpha value is -2.28. The maximum Gasteiger partial charge on any atom is 0.227 e. The first kappa shape index (κ1) is 16.6. The first-order valence-corrected chi connectivity index (χ1v) is 8.08. The number of hydrogen-bond acceptors (Lipinski definition) is 5. The van der Waals surface area contributed by atoms with Crippen molar-refractivity contribution < 1.29 is 18.8 Å². The molecule has 0 saturated carbocycles. The zero-order chi connectivity index (χ0) is 17.1. The monoisotopic (exact) mass is 333 g/mol. The molecule has 0 bridgehead atoms. The third-order valence-electron chi connectivity index (χ3n) is 4.25. The molecule has 0 atom stereocenters. The van der Waals surface area contributed by atoms with E-state index in [9.17, 15) is 14.3 Å². The predicted octanol–water partition coefficient (Wildman–Crippen LogP) is 2.10. The average molecular weight is 333 g/mol. The van der Waals surface area contributed by atoms with E-state index < -0.39 is 0 Å². The van der Waals surface area contributed by atoms with Gasteiger partial charge in [0.2, 0.25) is 17.6 Å². The van der Waals surface area contributed by atoms with Gasteiger partial charge in [-0.1, -0.05) is 5.16 Å². The van der Waals surface area contributed by atoms with Crippen molar-refractivity contribution in [3.63, 3.8) is 0 Å². The molecule has 128 valence electrons. The quantitative estimate of drug-likeness (QED) is 0.927. The Morgan fingerprint density at radius 1 is 1.42 bits per heavy atom. The molecule has 0 unspecified atom stereocenters. The summed E-state index contributed by atoms with van der Waals surface area (Å²) in [5.41, 5.74) is 1.20. The predicted molar refractivity (Wildman–Crippen MR) is 84.6 cm³/mol. The van der Waals surface area contributed by atoms with Gasteiger partial charge in [-0.15, -0.1) is 0 Å². The first-order valence-electron chi connectivity index (χ1n) is 8.08. The minimum atomic E-state index is -0.299. The van der Waals surface area contributed by atoms with Crippen LogP contribution >= 0.6 is 0 Å². The number of carbonyl (C=O) groups excluding carboxylic acids is 1. The number of amides is 1. The molecule has 1 saturated heterocycles. The van der Waals surface area contributed by atoms with Crippen molar-refractivity contribution in [1.82, 2.24) is 15.0 Å². The summed E-state index contributed by atoms with van der Waals surface area (Å²) >= 11 is 0. The fraction of sp³-hybridized carbons (Fsp3) is 0.471. The maximum absolute atomic E-state index is 13.3. The maximum atomic E-state index is 13.3. The van der Waals surface area contributed by atoms with Crippen molar-refractivity contribution in [2.24, 2.45) is 0 Å². The second-order valence-corrected chi connectivity index (χ2v) is 6.09. The number of nitrogens with zero attached hydrogens (tertiary/aromatic N) is 3. The molecule has 24 heavy (non-hydrogen) atoms. The summed E-state index contributed by atoms with van der Waals surface area (Å²) in [6, 6.07) is 4.63. The van der Waals surface area contributed by atoms with E-state index in [1.165, 1.54) is 6.07 Å². The number of halogens is 1. The molecule has 1 aliphatic rings. The number of piperidine rings is 1. The molecular formula is C17H20FN3O3. The lowest BCUT2D eigenvalue weighted by Crippen LogP contribution is -2.40. The molecule has 3 rings (SSSR count). The van der Waals surface area contributed by atoms with Crippen LogP contribution in [0, 0.1) is 12.7 Å². The van der Waals surface area contributed by atoms with Crippen molar-refractivity contribution in [1.29, 1.82) is 0 Å². The summed E-state index contributed by atoms with van der Waals surface area (Å²) in [7, 11) is 0. The van der Waals surface area contributed by atoms with Gasteiger partial charge in [0.25, 0.3) is 0 Å². The van der Waals surface area contributed by atoms with Crippen LogP contribution in [0.1, 0.15) is 30.7 Å². The first-order chi connectivity index (χ1) is 11.5. The van der Waals surface area contributed by atoms with Crippen LogP contribution in [0.3, 0.4) is 0 Å². The van der Waals surface area contributed by atoms with Gasteiger partial charge in [0, 0.05) is 31.5 Å². The molecular weight excluding hydrogens is 313 g/mol. The van der Waals surface area contributed by atoms with Gasteiger partial charge in [-0.25, -0.2) is 4.39 Å². The van der Waals surface area contributed by atoms with Gasteiger partial charge in [0.05, 0.1) is 6.10 Å². The number of aliphatic hydroxyl groups excluding tert-OH is 1. The third-order valence-corrected chi connectivity index (χ3v) is 4.25. The Balaban J connectivity index is 1.58. The van der Waals surface area contributed by atoms with Crippen LogP contribution < -0.4 is 0 Å². The fourth-order valence-electron chi connectivity index (χ4n) is 2.74. The van der Waals surface area contributed by atoms with E-state index in [2.05, 4.69) is 10.1 Å². The van der Waals surface area contributed by atoms with Crippen LogP contribution in [0.5, 0.6) is 0 Å². The number of aliphatic hydroxyl groups is 1. The Bertz CT molecular complexity index is 724. The van der Waals surface area contributed by atoms with Gasteiger partial charge in [0.1, 0.15) is 5.82 Å². The molecule has 1 aromatic heterocycles. The van der Waals surface area contributed by atoms with Crippen LogP contribution in [-0.2, 0) is 11.2 Å². The van der Waals surface area contributed by atoms with Crippen LogP contribution in [0.2, 0.25) is 0 Å². The highest BCUT2D eigenvalue weighted by molar-refractivity contribution is 5.76. The van der Waals surface area contributed by atoms with E-state index in [0.29, 0.717) is 61.6 Å². The number of likely N-dealkylation sites (tertiary alicyclic amines) is 1. The molecule has 2 heterocycles. The zero-order valence-corrected chi connectivity index (χ0v) is 13.5. The summed E-state index contributed by atoms with van der Waals surface area (Å²) < 4.78 is 18.5. The largest absolute Gasteiger partial charge is 0.393 e. The van der Waals surface area contributed by atoms with E-state index in [1.807, 2.05) is 0 Å². The SMILES string of the molecule is Cc1cc(-c2noc(CCC(=O)N3CCC(O)CC3)n2)ccc1F. The zero-order valence-electron chi connectivity index (χ0n) is 13.5. The molecule has 6 nitrogen and oxygen atoms in total. The molecule has 1 amide bonds. The average Bonchev–Trinajstić information content (AvgIpc) is 3.05. The fourth-order valence-corrected chi connectivity index (χ4v) is 2.74. The molecule has 1 aliphatic heterocycles. The highest BCUT2D eigenvalue weighted by Crippen LogP contribution is 2.19. The lowest BCUT2D eigenvalue weighted by molar-refractivity contribution is -0.133. The van der Waals surface area contributed by atoms with Gasteiger partial charge >= 0.3 is 0 Å². The molecule has 1 N–H and O–H groups in total. The van der Waals surface area contributed by atoms with Gasteiger partial charge < -0.3 is 14.5 Å². The van der Waals surface area contributed by atoms with E-state index in [1.54, 1.807) is 24.0 Å². The number of hydrogen-bond donors (Lipinski definition) is 1. The Morgan fingerprint density at radius 2 is 2.17 bits per heavy atom. The Morgan fingerprint density at radius 3 is 2.88 bits per heavy atom. The molecule has 0 spiro atoms. The van der Waals surface area contributed by atoms with Crippen molar-refractivity contribution in [2.75, 3.05) is 13.1 Å². The Labute approximate surface area is 139 Å². The summed E-state index contributed by atoms with van der Waals surface area (Å²) in [6.45, 7) is 2.85. The van der Waals surface area contributed by atoms with Crippen LogP contribution in [0.4, 0.5) is 4.39 Å². The van der Waals surface area contributed by atoms with Gasteiger partial charge in [-0.3, -0.25) is 4.79 Å². The Kier molecular flexibility index (Phi) is 4.89. The van der Waals surface area contributed by atoms with Gasteiger partial charge in [-0.2, -0.15) is 4.98 Å². The topological polar surface area (TPSA) is 79.5 Å². The summed E-state index contributed by atoms with van der Waals surface area (Å²) in [4.78, 5) is 18.2. The number of aryl methyl sites for hydroxylation is 2. The molecule has 0 radical (unpaired) electrons. The lowest BCUT2D eigenvalue weighted by atomic mass is 10.1. The summed E-state index contributed by atoms with van der Waals surface area (Å²) in [5.74, 6) is 0.526. The normalized spacial score (nSPS) is 15.7. The van der Waals surface area contributed by atoms with Crippen molar-refractivity contribution in [2.45, 2.75) is 38.7 Å². The van der Waals surface area contributed by atoms with E-state index >= 15 is 0 Å². The van der Waals surface area contributed by atoms with E-state index in [4.69, 9.17) is 4.52 Å². The van der Waals surface area contributed by atoms with Gasteiger partial charge in [-0.05, 0) is 43.5 Å². The summed E-state index contributed by atoms with van der Waals surface area (Å²) in [6.07, 6.45) is 1.61. The molecule has 2 aromatic rings. The van der Waals surface area contributed by atoms with Crippen molar-refractivity contribution in [3.05, 3.63) is 35.5 Å². The smallest absolute Gasteiger partial charge is 0.227 e. The van der Waals surface area contributed by atoms with Crippen molar-refractivity contribution in [3.8, 4) is 11.4 Å². The van der Waals surface area contributed by atoms with E-state index in [0.717, 1.165) is 0 Å². The highest BCUT2D eigenvalue weighted by Gasteiger charge is 2.21. The highest BCUT2D eigenvalue weighted by atomic mass is 19.1. The number of carbonyl (C=O) groups is 1. The van der Waals surface area contributed by atoms with Crippen molar-refractivity contribution >= 4 is 5.91 Å². The molecule has 7 heteroatoms. The molecule has 0 aliphatic carbocycles. The number of benzene rings is 1. The lowest BCUT2D eigenvalue weighted by Gasteiger charge is -2.29.